The molecule has 3 heterocycles. The number of rotatable bonds is 3. The summed E-state index contributed by atoms with van der Waals surface area (Å²) >= 11 is 0. The maximum atomic E-state index is 12.8. The molecule has 1 spiro atoms. The van der Waals surface area contributed by atoms with Crippen LogP contribution in [0, 0.1) is 6.92 Å². The van der Waals surface area contributed by atoms with E-state index in [1.54, 1.807) is 13.3 Å². The molecule has 5 heteroatoms. The number of aryl methyl sites for hydroxylation is 1. The van der Waals surface area contributed by atoms with Gasteiger partial charge in [0.05, 0.1) is 25.8 Å². The molecule has 5 nitrogen and oxygen atoms in total. The first kappa shape index (κ1) is 18.0. The molecule has 0 unspecified atom stereocenters. The van der Waals surface area contributed by atoms with Gasteiger partial charge in [0.2, 0.25) is 5.91 Å². The van der Waals surface area contributed by atoms with Gasteiger partial charge in [-0.2, -0.15) is 0 Å². The van der Waals surface area contributed by atoms with Gasteiger partial charge in [0.15, 0.2) is 0 Å². The van der Waals surface area contributed by atoms with Crippen LogP contribution < -0.4 is 4.74 Å². The number of benzene rings is 1. The molecule has 1 aromatic heterocycles. The zero-order valence-electron chi connectivity index (χ0n) is 16.0. The number of aromatic nitrogens is 1. The fourth-order valence-electron chi connectivity index (χ4n) is 4.37. The predicted octanol–water partition coefficient (Wildman–Crippen LogP) is 3.03. The van der Waals surface area contributed by atoms with Gasteiger partial charge in [0.25, 0.3) is 0 Å². The molecule has 27 heavy (non-hydrogen) atoms. The number of fused-ring (bicyclic) bond motifs is 2. The minimum absolute atomic E-state index is 0.141. The Bertz CT molecular complexity index is 827. The van der Waals surface area contributed by atoms with Gasteiger partial charge in [0, 0.05) is 24.8 Å². The van der Waals surface area contributed by atoms with Gasteiger partial charge in [-0.3, -0.25) is 9.78 Å². The Hall–Kier alpha value is -2.40. The van der Waals surface area contributed by atoms with Crippen molar-refractivity contribution in [2.75, 3.05) is 26.8 Å². The van der Waals surface area contributed by atoms with E-state index in [0.717, 1.165) is 42.9 Å². The van der Waals surface area contributed by atoms with Crippen molar-refractivity contribution in [3.8, 4) is 5.75 Å². The number of ether oxygens (including phenoxy) is 2. The lowest BCUT2D eigenvalue weighted by Crippen LogP contribution is -2.49. The van der Waals surface area contributed by atoms with E-state index in [2.05, 4.69) is 11.1 Å². The lowest BCUT2D eigenvalue weighted by Gasteiger charge is -2.45. The minimum atomic E-state index is -0.335. The molecule has 1 amide bonds. The molecule has 1 saturated heterocycles. The van der Waals surface area contributed by atoms with Crippen LogP contribution in [0.25, 0.3) is 0 Å². The fraction of sp³-hybridized carbons (Fsp3) is 0.455. The second-order valence-corrected chi connectivity index (χ2v) is 7.41. The largest absolute Gasteiger partial charge is 0.496 e. The monoisotopic (exact) mass is 366 g/mol. The van der Waals surface area contributed by atoms with Crippen LogP contribution in [0.1, 0.15) is 35.2 Å². The van der Waals surface area contributed by atoms with Crippen molar-refractivity contribution >= 4 is 5.91 Å². The third-order valence-electron chi connectivity index (χ3n) is 5.90. The van der Waals surface area contributed by atoms with Crippen molar-refractivity contribution in [1.29, 1.82) is 0 Å². The van der Waals surface area contributed by atoms with Crippen LogP contribution in [-0.2, 0) is 28.0 Å². The van der Waals surface area contributed by atoms with E-state index in [9.17, 15) is 4.79 Å². The number of carbonyl (C=O) groups is 1. The number of piperidine rings is 1. The van der Waals surface area contributed by atoms with E-state index < -0.39 is 0 Å². The van der Waals surface area contributed by atoms with E-state index in [0.29, 0.717) is 19.5 Å². The van der Waals surface area contributed by atoms with Crippen molar-refractivity contribution in [3.05, 3.63) is 58.9 Å². The summed E-state index contributed by atoms with van der Waals surface area (Å²) in [7, 11) is 1.71. The van der Waals surface area contributed by atoms with Crippen LogP contribution in [0.3, 0.4) is 0 Å². The number of hydrogen-bond donors (Lipinski definition) is 0. The van der Waals surface area contributed by atoms with Crippen LogP contribution >= 0.6 is 0 Å². The second kappa shape index (κ2) is 7.31. The maximum absolute atomic E-state index is 12.8. The number of carbonyl (C=O) groups excluding carboxylic acids is 1. The van der Waals surface area contributed by atoms with Gasteiger partial charge >= 0.3 is 0 Å². The number of pyridine rings is 1. The molecule has 1 aromatic carbocycles. The number of amides is 1. The Morgan fingerprint density at radius 3 is 2.81 bits per heavy atom. The van der Waals surface area contributed by atoms with Crippen LogP contribution in [0.2, 0.25) is 0 Å². The molecule has 4 rings (SSSR count). The molecule has 0 aliphatic carbocycles. The van der Waals surface area contributed by atoms with Crippen molar-refractivity contribution in [1.82, 2.24) is 9.88 Å². The Balaban J connectivity index is 1.50. The highest BCUT2D eigenvalue weighted by atomic mass is 16.5. The molecule has 2 aliphatic rings. The Kier molecular flexibility index (Phi) is 4.87. The number of methoxy groups -OCH3 is 1. The van der Waals surface area contributed by atoms with E-state index in [1.165, 1.54) is 11.1 Å². The predicted molar refractivity (Wildman–Crippen MR) is 103 cm³/mol. The Morgan fingerprint density at radius 2 is 2.07 bits per heavy atom. The SMILES string of the molecule is COc1cccc2c1C1(CCN(C(=O)Cc3ncccc3C)CC1)OCC2. The molecule has 0 N–H and O–H groups in total. The summed E-state index contributed by atoms with van der Waals surface area (Å²) in [6.45, 7) is 4.12. The molecule has 0 radical (unpaired) electrons. The maximum Gasteiger partial charge on any atom is 0.228 e. The first-order valence-corrected chi connectivity index (χ1v) is 9.61. The quantitative estimate of drug-likeness (QED) is 0.838. The van der Waals surface area contributed by atoms with Crippen molar-refractivity contribution < 1.29 is 14.3 Å². The normalized spacial score (nSPS) is 18.2. The van der Waals surface area contributed by atoms with Crippen molar-refractivity contribution in [2.24, 2.45) is 0 Å². The molecule has 0 saturated carbocycles. The molecule has 2 aliphatic heterocycles. The van der Waals surface area contributed by atoms with Gasteiger partial charge in [0.1, 0.15) is 11.4 Å². The van der Waals surface area contributed by atoms with E-state index in [4.69, 9.17) is 9.47 Å². The zero-order valence-corrected chi connectivity index (χ0v) is 16.0. The first-order chi connectivity index (χ1) is 13.1. The van der Waals surface area contributed by atoms with Crippen LogP contribution in [0.4, 0.5) is 0 Å². The molecule has 1 fully saturated rings. The summed E-state index contributed by atoms with van der Waals surface area (Å²) in [5.74, 6) is 1.04. The number of nitrogens with zero attached hydrogens (tertiary/aromatic N) is 2. The van der Waals surface area contributed by atoms with E-state index in [-0.39, 0.29) is 11.5 Å². The average Bonchev–Trinajstić information content (AvgIpc) is 2.70. The molecule has 0 bridgehead atoms. The number of hydrogen-bond acceptors (Lipinski definition) is 4. The zero-order chi connectivity index (χ0) is 18.9. The first-order valence-electron chi connectivity index (χ1n) is 9.61. The van der Waals surface area contributed by atoms with Gasteiger partial charge in [-0.1, -0.05) is 18.2 Å². The molecule has 142 valence electrons. The molecular weight excluding hydrogens is 340 g/mol. The Labute approximate surface area is 160 Å². The molecule has 2 aromatic rings. The number of likely N-dealkylation sites (tertiary alicyclic amines) is 1. The highest BCUT2D eigenvalue weighted by Crippen LogP contribution is 2.45. The molecular formula is C22H26N2O3. The molecule has 0 atom stereocenters. The van der Waals surface area contributed by atoms with Gasteiger partial charge in [-0.25, -0.2) is 0 Å². The van der Waals surface area contributed by atoms with Gasteiger partial charge < -0.3 is 14.4 Å². The smallest absolute Gasteiger partial charge is 0.228 e. The summed E-state index contributed by atoms with van der Waals surface area (Å²) in [6.07, 6.45) is 4.62. The van der Waals surface area contributed by atoms with Gasteiger partial charge in [-0.05, 0) is 49.4 Å². The fourth-order valence-corrected chi connectivity index (χ4v) is 4.37. The Morgan fingerprint density at radius 1 is 1.26 bits per heavy atom. The summed E-state index contributed by atoms with van der Waals surface area (Å²) in [5, 5.41) is 0. The average molecular weight is 366 g/mol. The van der Waals surface area contributed by atoms with Crippen LogP contribution in [0.5, 0.6) is 5.75 Å². The summed E-state index contributed by atoms with van der Waals surface area (Å²) in [4.78, 5) is 19.1. The van der Waals surface area contributed by atoms with E-state index in [1.807, 2.05) is 36.1 Å². The summed E-state index contributed by atoms with van der Waals surface area (Å²) < 4.78 is 11.9. The standard InChI is InChI=1S/C22H26N2O3/c1-16-5-4-11-23-18(16)15-20(25)24-12-9-22(10-13-24)21-17(8-14-27-22)6-3-7-19(21)26-2/h3-7,11H,8-10,12-15H2,1-2H3. The van der Waals surface area contributed by atoms with Crippen LogP contribution in [0.15, 0.2) is 36.5 Å². The summed E-state index contributed by atoms with van der Waals surface area (Å²) in [5.41, 5.74) is 4.09. The third-order valence-corrected chi connectivity index (χ3v) is 5.90. The van der Waals surface area contributed by atoms with Crippen LogP contribution in [-0.4, -0.2) is 42.6 Å². The highest BCUT2D eigenvalue weighted by Gasteiger charge is 2.43. The summed E-state index contributed by atoms with van der Waals surface area (Å²) in [6, 6.07) is 10.1. The highest BCUT2D eigenvalue weighted by molar-refractivity contribution is 5.78. The minimum Gasteiger partial charge on any atom is -0.496 e. The van der Waals surface area contributed by atoms with Crippen molar-refractivity contribution in [2.45, 2.75) is 38.2 Å². The van der Waals surface area contributed by atoms with Crippen molar-refractivity contribution in [3.63, 3.8) is 0 Å². The third kappa shape index (κ3) is 3.32. The topological polar surface area (TPSA) is 51.7 Å². The lowest BCUT2D eigenvalue weighted by molar-refractivity contribution is -0.140. The second-order valence-electron chi connectivity index (χ2n) is 7.41. The lowest BCUT2D eigenvalue weighted by atomic mass is 9.78. The van der Waals surface area contributed by atoms with E-state index >= 15 is 0 Å². The van der Waals surface area contributed by atoms with Gasteiger partial charge in [-0.15, -0.1) is 0 Å².